The number of unbranched alkanes of at least 4 members (excludes halogenated alkanes) is 35. The van der Waals surface area contributed by atoms with Crippen LogP contribution in [0.4, 0.5) is 0 Å². The van der Waals surface area contributed by atoms with Crippen LogP contribution in [-0.4, -0.2) is 37.2 Å². The summed E-state index contributed by atoms with van der Waals surface area (Å²) in [6.07, 6.45) is 50.9. The normalized spacial score (nSPS) is 12.4. The zero-order chi connectivity index (χ0) is 43.8. The van der Waals surface area contributed by atoms with Crippen molar-refractivity contribution in [1.29, 1.82) is 0 Å². The average Bonchev–Trinajstić information content (AvgIpc) is 3.25. The van der Waals surface area contributed by atoms with Crippen LogP contribution in [0.3, 0.4) is 0 Å². The van der Waals surface area contributed by atoms with Gasteiger partial charge in [0, 0.05) is 19.3 Å². The largest absolute Gasteiger partial charge is 0.462 e. The van der Waals surface area contributed by atoms with Crippen LogP contribution in [0.15, 0.2) is 0 Å². The highest BCUT2D eigenvalue weighted by Crippen LogP contribution is 2.18. The van der Waals surface area contributed by atoms with Crippen molar-refractivity contribution in [3.63, 3.8) is 0 Å². The number of carbonyl (C=O) groups is 3. The molecule has 356 valence electrons. The second-order valence-corrected chi connectivity index (χ2v) is 18.8. The Bertz CT molecular complexity index is 905. The molecule has 0 spiro atoms. The van der Waals surface area contributed by atoms with E-state index in [9.17, 15) is 14.4 Å². The summed E-state index contributed by atoms with van der Waals surface area (Å²) in [5.74, 6) is 0.0636. The van der Waals surface area contributed by atoms with Crippen molar-refractivity contribution in [2.75, 3.05) is 13.2 Å². The van der Waals surface area contributed by atoms with Gasteiger partial charge >= 0.3 is 17.9 Å². The lowest BCUT2D eigenvalue weighted by Crippen LogP contribution is -2.30. The van der Waals surface area contributed by atoms with Gasteiger partial charge in [-0.15, -0.1) is 0 Å². The predicted molar refractivity (Wildman–Crippen MR) is 257 cm³/mol. The van der Waals surface area contributed by atoms with Gasteiger partial charge in [-0.1, -0.05) is 265 Å². The summed E-state index contributed by atoms with van der Waals surface area (Å²) in [5, 5.41) is 0. The van der Waals surface area contributed by atoms with Gasteiger partial charge < -0.3 is 14.2 Å². The third-order valence-electron chi connectivity index (χ3n) is 12.7. The van der Waals surface area contributed by atoms with E-state index in [1.807, 2.05) is 0 Å². The Morgan fingerprint density at radius 3 is 0.867 bits per heavy atom. The topological polar surface area (TPSA) is 78.9 Å². The van der Waals surface area contributed by atoms with E-state index in [0.29, 0.717) is 19.3 Å². The molecule has 0 bridgehead atoms. The summed E-state index contributed by atoms with van der Waals surface area (Å²) in [4.78, 5) is 37.8. The molecule has 0 N–H and O–H groups in total. The first-order valence-corrected chi connectivity index (χ1v) is 26.9. The maximum absolute atomic E-state index is 12.7. The summed E-state index contributed by atoms with van der Waals surface area (Å²) in [5.41, 5.74) is 0. The lowest BCUT2D eigenvalue weighted by atomic mass is 9.99. The SMILES string of the molecule is CCCCCCCCCCCCCC(=O)OC[C@H](COC(=O)CCCCCCCCCCCCCCCCCCCCC(C)CC)OC(=O)CCCCCCCCCCC. The van der Waals surface area contributed by atoms with Crippen molar-refractivity contribution >= 4 is 17.9 Å². The fraction of sp³-hybridized carbons (Fsp3) is 0.944. The molecule has 1 unspecified atom stereocenters. The van der Waals surface area contributed by atoms with E-state index in [4.69, 9.17) is 14.2 Å². The molecular formula is C54H104O6. The number of hydrogen-bond donors (Lipinski definition) is 0. The first kappa shape index (κ1) is 58.4. The second kappa shape index (κ2) is 48.4. The molecular weight excluding hydrogens is 745 g/mol. The van der Waals surface area contributed by atoms with Crippen LogP contribution < -0.4 is 0 Å². The van der Waals surface area contributed by atoms with Crippen molar-refractivity contribution in [2.24, 2.45) is 5.92 Å². The number of hydrogen-bond acceptors (Lipinski definition) is 6. The molecule has 0 aliphatic carbocycles. The molecule has 0 rings (SSSR count). The van der Waals surface area contributed by atoms with Crippen LogP contribution >= 0.6 is 0 Å². The third kappa shape index (κ3) is 45.9. The highest BCUT2D eigenvalue weighted by atomic mass is 16.6. The first-order chi connectivity index (χ1) is 29.4. The summed E-state index contributed by atoms with van der Waals surface area (Å²) in [6, 6.07) is 0. The molecule has 0 radical (unpaired) electrons. The zero-order valence-electron chi connectivity index (χ0n) is 40.9. The Hall–Kier alpha value is -1.59. The van der Waals surface area contributed by atoms with E-state index >= 15 is 0 Å². The van der Waals surface area contributed by atoms with E-state index in [1.54, 1.807) is 0 Å². The highest BCUT2D eigenvalue weighted by Gasteiger charge is 2.19. The van der Waals surface area contributed by atoms with Crippen molar-refractivity contribution in [3.05, 3.63) is 0 Å². The van der Waals surface area contributed by atoms with Crippen molar-refractivity contribution in [1.82, 2.24) is 0 Å². The Morgan fingerprint density at radius 1 is 0.333 bits per heavy atom. The fourth-order valence-corrected chi connectivity index (χ4v) is 8.19. The lowest BCUT2D eigenvalue weighted by Gasteiger charge is -2.18. The maximum Gasteiger partial charge on any atom is 0.306 e. The van der Waals surface area contributed by atoms with Gasteiger partial charge in [0.25, 0.3) is 0 Å². The Morgan fingerprint density at radius 2 is 0.583 bits per heavy atom. The van der Waals surface area contributed by atoms with E-state index in [-0.39, 0.29) is 31.1 Å². The maximum atomic E-state index is 12.7. The standard InChI is InChI=1S/C54H104O6/c1-5-8-10-12-14-16-25-30-33-37-41-45-52(55)58-48-51(60-54(57)47-43-39-35-28-15-13-11-9-6-2)49-59-53(56)46-42-38-34-31-27-24-22-20-18-17-19-21-23-26-29-32-36-40-44-50(4)7-3/h50-51H,5-49H2,1-4H3/t50?,51-/m1/s1. The first-order valence-electron chi connectivity index (χ1n) is 26.9. The molecule has 2 atom stereocenters. The van der Waals surface area contributed by atoms with E-state index < -0.39 is 6.10 Å². The molecule has 6 heteroatoms. The molecule has 0 aromatic heterocycles. The molecule has 60 heavy (non-hydrogen) atoms. The number of rotatable bonds is 49. The number of ether oxygens (including phenoxy) is 3. The summed E-state index contributed by atoms with van der Waals surface area (Å²) in [6.45, 7) is 9.06. The monoisotopic (exact) mass is 849 g/mol. The van der Waals surface area contributed by atoms with Gasteiger partial charge in [-0.25, -0.2) is 0 Å². The van der Waals surface area contributed by atoms with Crippen molar-refractivity contribution < 1.29 is 28.6 Å². The molecule has 6 nitrogen and oxygen atoms in total. The molecule has 0 aliphatic rings. The van der Waals surface area contributed by atoms with Gasteiger partial charge in [-0.05, 0) is 25.2 Å². The van der Waals surface area contributed by atoms with Gasteiger partial charge in [-0.2, -0.15) is 0 Å². The molecule has 0 saturated heterocycles. The second-order valence-electron chi connectivity index (χ2n) is 18.8. The molecule has 0 saturated carbocycles. The Labute approximate surface area is 374 Å². The average molecular weight is 849 g/mol. The number of esters is 3. The van der Waals surface area contributed by atoms with Gasteiger partial charge in [-0.3, -0.25) is 14.4 Å². The molecule has 0 fully saturated rings. The van der Waals surface area contributed by atoms with Gasteiger partial charge in [0.2, 0.25) is 0 Å². The Balaban J connectivity index is 4.13. The smallest absolute Gasteiger partial charge is 0.306 e. The third-order valence-corrected chi connectivity index (χ3v) is 12.7. The molecule has 0 aliphatic heterocycles. The van der Waals surface area contributed by atoms with Gasteiger partial charge in [0.1, 0.15) is 13.2 Å². The minimum absolute atomic E-state index is 0.0627. The van der Waals surface area contributed by atoms with Crippen LogP contribution in [0.1, 0.15) is 304 Å². The zero-order valence-corrected chi connectivity index (χ0v) is 40.9. The molecule has 0 aromatic carbocycles. The summed E-state index contributed by atoms with van der Waals surface area (Å²) < 4.78 is 16.8. The Kier molecular flexibility index (Phi) is 47.2. The van der Waals surface area contributed by atoms with Crippen LogP contribution in [0.25, 0.3) is 0 Å². The minimum atomic E-state index is -0.759. The number of carbonyl (C=O) groups excluding carboxylic acids is 3. The van der Waals surface area contributed by atoms with E-state index in [0.717, 1.165) is 63.7 Å². The fourth-order valence-electron chi connectivity index (χ4n) is 8.19. The van der Waals surface area contributed by atoms with Crippen molar-refractivity contribution in [2.45, 2.75) is 310 Å². The lowest BCUT2D eigenvalue weighted by molar-refractivity contribution is -0.167. The minimum Gasteiger partial charge on any atom is -0.462 e. The molecule has 0 heterocycles. The van der Waals surface area contributed by atoms with Crippen LogP contribution in [0.5, 0.6) is 0 Å². The van der Waals surface area contributed by atoms with Gasteiger partial charge in [0.15, 0.2) is 6.10 Å². The van der Waals surface area contributed by atoms with Crippen molar-refractivity contribution in [3.8, 4) is 0 Å². The molecule has 0 aromatic rings. The van der Waals surface area contributed by atoms with Gasteiger partial charge in [0.05, 0.1) is 0 Å². The molecule has 0 amide bonds. The van der Waals surface area contributed by atoms with Crippen LogP contribution in [-0.2, 0) is 28.6 Å². The predicted octanol–water partition coefficient (Wildman–Crippen LogP) is 17.5. The van der Waals surface area contributed by atoms with Crippen LogP contribution in [0.2, 0.25) is 0 Å². The van der Waals surface area contributed by atoms with E-state index in [1.165, 1.54) is 199 Å². The highest BCUT2D eigenvalue weighted by molar-refractivity contribution is 5.71. The summed E-state index contributed by atoms with van der Waals surface area (Å²) >= 11 is 0. The quantitative estimate of drug-likeness (QED) is 0.0345. The van der Waals surface area contributed by atoms with Crippen LogP contribution in [0, 0.1) is 5.92 Å². The van der Waals surface area contributed by atoms with E-state index in [2.05, 4.69) is 27.7 Å². The summed E-state index contributed by atoms with van der Waals surface area (Å²) in [7, 11) is 0.